The maximum absolute atomic E-state index is 13.2. The summed E-state index contributed by atoms with van der Waals surface area (Å²) in [5.41, 5.74) is 2.32. The maximum Gasteiger partial charge on any atom is 0.337 e. The van der Waals surface area contributed by atoms with E-state index in [9.17, 15) is 9.18 Å². The summed E-state index contributed by atoms with van der Waals surface area (Å²) in [5, 5.41) is 6.36. The zero-order valence-electron chi connectivity index (χ0n) is 14.8. The molecule has 140 valence electrons. The molecule has 0 saturated heterocycles. The van der Waals surface area contributed by atoms with Gasteiger partial charge in [0.05, 0.1) is 19.2 Å². The predicted octanol–water partition coefficient (Wildman–Crippen LogP) is 3.49. The second-order valence-electron chi connectivity index (χ2n) is 5.37. The molecule has 0 aromatic heterocycles. The molecule has 0 aliphatic carbocycles. The van der Waals surface area contributed by atoms with E-state index in [-0.39, 0.29) is 35.8 Å². The van der Waals surface area contributed by atoms with Crippen LogP contribution in [0.25, 0.3) is 0 Å². The number of methoxy groups -OCH3 is 1. The summed E-state index contributed by atoms with van der Waals surface area (Å²) in [5.74, 6) is 0.0182. The molecule has 0 saturated carbocycles. The van der Waals surface area contributed by atoms with Crippen LogP contribution in [0.1, 0.15) is 28.4 Å². The van der Waals surface area contributed by atoms with E-state index in [4.69, 9.17) is 0 Å². The number of aliphatic imine (C=N–C) groups is 1. The largest absolute Gasteiger partial charge is 0.465 e. The summed E-state index contributed by atoms with van der Waals surface area (Å²) in [6.07, 6.45) is 0. The third kappa shape index (κ3) is 6.99. The van der Waals surface area contributed by atoms with E-state index in [1.807, 2.05) is 25.1 Å². The van der Waals surface area contributed by atoms with Gasteiger partial charge in [0.25, 0.3) is 0 Å². The Balaban J connectivity index is 0.00000338. The second-order valence-corrected chi connectivity index (χ2v) is 5.37. The number of hydrogen-bond donors (Lipinski definition) is 2. The molecule has 0 atom stereocenters. The van der Waals surface area contributed by atoms with Crippen molar-refractivity contribution in [1.29, 1.82) is 0 Å². The molecule has 5 nitrogen and oxygen atoms in total. The fraction of sp³-hybridized carbons (Fsp3) is 0.263. The maximum atomic E-state index is 13.2. The minimum atomic E-state index is -0.357. The number of halogens is 2. The molecule has 2 N–H and O–H groups in total. The summed E-state index contributed by atoms with van der Waals surface area (Å²) in [4.78, 5) is 15.9. The quantitative estimate of drug-likeness (QED) is 0.293. The van der Waals surface area contributed by atoms with Gasteiger partial charge in [-0.25, -0.2) is 14.2 Å². The fourth-order valence-corrected chi connectivity index (χ4v) is 2.21. The molecule has 0 bridgehead atoms. The Morgan fingerprint density at radius 1 is 1.12 bits per heavy atom. The normalized spacial score (nSPS) is 10.7. The van der Waals surface area contributed by atoms with Crippen molar-refractivity contribution >= 4 is 35.9 Å². The van der Waals surface area contributed by atoms with Crippen LogP contribution < -0.4 is 10.6 Å². The Hall–Kier alpha value is -2.16. The second kappa shape index (κ2) is 11.5. The summed E-state index contributed by atoms with van der Waals surface area (Å²) in [7, 11) is 1.36. The zero-order chi connectivity index (χ0) is 18.1. The van der Waals surface area contributed by atoms with Crippen LogP contribution in [0.5, 0.6) is 0 Å². The first-order chi connectivity index (χ1) is 12.1. The van der Waals surface area contributed by atoms with Crippen molar-refractivity contribution in [3.8, 4) is 0 Å². The molecule has 7 heteroatoms. The van der Waals surface area contributed by atoms with Crippen molar-refractivity contribution in [1.82, 2.24) is 10.6 Å². The van der Waals surface area contributed by atoms with Crippen LogP contribution in [0.3, 0.4) is 0 Å². The topological polar surface area (TPSA) is 62.7 Å². The number of carbonyl (C=O) groups is 1. The van der Waals surface area contributed by atoms with E-state index in [0.717, 1.165) is 17.7 Å². The molecule has 2 aromatic rings. The van der Waals surface area contributed by atoms with Gasteiger partial charge in [-0.15, -0.1) is 24.0 Å². The van der Waals surface area contributed by atoms with Gasteiger partial charge in [0.15, 0.2) is 5.96 Å². The Kier molecular flexibility index (Phi) is 9.64. The lowest BCUT2D eigenvalue weighted by Crippen LogP contribution is -2.36. The van der Waals surface area contributed by atoms with Gasteiger partial charge in [-0.3, -0.25) is 0 Å². The Bertz CT molecular complexity index is 736. The van der Waals surface area contributed by atoms with E-state index < -0.39 is 0 Å². The molecule has 26 heavy (non-hydrogen) atoms. The van der Waals surface area contributed by atoms with Crippen molar-refractivity contribution in [2.45, 2.75) is 20.0 Å². The molecule has 2 aromatic carbocycles. The minimum Gasteiger partial charge on any atom is -0.465 e. The van der Waals surface area contributed by atoms with Crippen molar-refractivity contribution in [2.24, 2.45) is 4.99 Å². The van der Waals surface area contributed by atoms with Gasteiger partial charge < -0.3 is 15.4 Å². The summed E-state index contributed by atoms with van der Waals surface area (Å²) in [6.45, 7) is 3.63. The number of guanidine groups is 1. The van der Waals surface area contributed by atoms with Gasteiger partial charge in [-0.05, 0) is 42.3 Å². The monoisotopic (exact) mass is 471 g/mol. The van der Waals surface area contributed by atoms with Crippen LogP contribution in [0.4, 0.5) is 4.39 Å². The average Bonchev–Trinajstić information content (AvgIpc) is 2.64. The number of benzene rings is 2. The van der Waals surface area contributed by atoms with Crippen LogP contribution in [-0.4, -0.2) is 25.6 Å². The molecule has 0 aliphatic heterocycles. The standard InChI is InChI=1S/C19H22FN3O2.HI/c1-3-21-19(23-13-15-5-4-6-17(20)11-15)22-12-14-7-9-16(10-8-14)18(24)25-2;/h4-11H,3,12-13H2,1-2H3,(H2,21,22,23);1H. The van der Waals surface area contributed by atoms with Crippen molar-refractivity contribution in [2.75, 3.05) is 13.7 Å². The predicted molar refractivity (Wildman–Crippen MR) is 111 cm³/mol. The van der Waals surface area contributed by atoms with E-state index in [1.54, 1.807) is 18.2 Å². The highest BCUT2D eigenvalue weighted by Gasteiger charge is 2.05. The molecular weight excluding hydrogens is 448 g/mol. The molecule has 0 aliphatic rings. The summed E-state index contributed by atoms with van der Waals surface area (Å²) in [6, 6.07) is 13.5. The number of ether oxygens (including phenoxy) is 1. The molecule has 0 spiro atoms. The SMILES string of the molecule is CCNC(=NCc1cccc(F)c1)NCc1ccc(C(=O)OC)cc1.I. The van der Waals surface area contributed by atoms with Gasteiger partial charge >= 0.3 is 5.97 Å². The Morgan fingerprint density at radius 3 is 2.46 bits per heavy atom. The van der Waals surface area contributed by atoms with Crippen LogP contribution in [-0.2, 0) is 17.8 Å². The van der Waals surface area contributed by atoms with Crippen LogP contribution in [0, 0.1) is 5.82 Å². The van der Waals surface area contributed by atoms with E-state index in [0.29, 0.717) is 24.6 Å². The Morgan fingerprint density at radius 2 is 1.85 bits per heavy atom. The van der Waals surface area contributed by atoms with Crippen molar-refractivity contribution in [3.05, 3.63) is 71.0 Å². The van der Waals surface area contributed by atoms with Gasteiger partial charge in [0.2, 0.25) is 0 Å². The van der Waals surface area contributed by atoms with E-state index in [1.165, 1.54) is 19.2 Å². The third-order valence-corrected chi connectivity index (χ3v) is 3.49. The van der Waals surface area contributed by atoms with E-state index in [2.05, 4.69) is 20.4 Å². The number of rotatable bonds is 6. The number of nitrogens with one attached hydrogen (secondary N) is 2. The number of hydrogen-bond acceptors (Lipinski definition) is 3. The van der Waals surface area contributed by atoms with Gasteiger partial charge in [-0.1, -0.05) is 24.3 Å². The molecule has 0 unspecified atom stereocenters. The highest BCUT2D eigenvalue weighted by atomic mass is 127. The lowest BCUT2D eigenvalue weighted by atomic mass is 10.1. The summed E-state index contributed by atoms with van der Waals surface area (Å²) >= 11 is 0. The molecule has 2 rings (SSSR count). The molecular formula is C19H23FIN3O2. The van der Waals surface area contributed by atoms with Gasteiger partial charge in [-0.2, -0.15) is 0 Å². The lowest BCUT2D eigenvalue weighted by Gasteiger charge is -2.11. The number of carbonyl (C=O) groups excluding carboxylic acids is 1. The summed E-state index contributed by atoms with van der Waals surface area (Å²) < 4.78 is 17.9. The van der Waals surface area contributed by atoms with Crippen LogP contribution in [0.15, 0.2) is 53.5 Å². The van der Waals surface area contributed by atoms with E-state index >= 15 is 0 Å². The van der Waals surface area contributed by atoms with Crippen molar-refractivity contribution < 1.29 is 13.9 Å². The number of nitrogens with zero attached hydrogens (tertiary/aromatic N) is 1. The first kappa shape index (κ1) is 21.9. The smallest absolute Gasteiger partial charge is 0.337 e. The van der Waals surface area contributed by atoms with Crippen LogP contribution in [0.2, 0.25) is 0 Å². The molecule has 0 fully saturated rings. The third-order valence-electron chi connectivity index (χ3n) is 3.49. The molecule has 0 heterocycles. The minimum absolute atomic E-state index is 0. The van der Waals surface area contributed by atoms with Crippen molar-refractivity contribution in [3.63, 3.8) is 0 Å². The van der Waals surface area contributed by atoms with Crippen LogP contribution >= 0.6 is 24.0 Å². The number of esters is 1. The average molecular weight is 471 g/mol. The zero-order valence-corrected chi connectivity index (χ0v) is 17.1. The molecule has 0 radical (unpaired) electrons. The first-order valence-corrected chi connectivity index (χ1v) is 8.06. The molecule has 0 amide bonds. The highest BCUT2D eigenvalue weighted by molar-refractivity contribution is 14.0. The lowest BCUT2D eigenvalue weighted by molar-refractivity contribution is 0.0600. The first-order valence-electron chi connectivity index (χ1n) is 8.06. The highest BCUT2D eigenvalue weighted by Crippen LogP contribution is 2.06. The van der Waals surface area contributed by atoms with Gasteiger partial charge in [0.1, 0.15) is 5.82 Å². The fourth-order valence-electron chi connectivity index (χ4n) is 2.21. The Labute approximate surface area is 170 Å². The van der Waals surface area contributed by atoms with Gasteiger partial charge in [0, 0.05) is 13.1 Å².